The molecule has 0 aliphatic carbocycles. The van der Waals surface area contributed by atoms with Gasteiger partial charge in [-0.3, -0.25) is 0 Å². The van der Waals surface area contributed by atoms with Gasteiger partial charge in [0, 0.05) is 17.6 Å². The molecule has 2 rings (SSSR count). The van der Waals surface area contributed by atoms with Crippen LogP contribution in [0.3, 0.4) is 0 Å². The van der Waals surface area contributed by atoms with Crippen LogP contribution in [0, 0.1) is 0 Å². The lowest BCUT2D eigenvalue weighted by molar-refractivity contribution is 0.480. The Balaban J connectivity index is 2.36. The van der Waals surface area contributed by atoms with Gasteiger partial charge in [0.1, 0.15) is 5.75 Å². The van der Waals surface area contributed by atoms with Gasteiger partial charge >= 0.3 is 0 Å². The van der Waals surface area contributed by atoms with Crippen LogP contribution in [0.4, 0.5) is 0 Å². The number of benzene rings is 1. The Hall–Kier alpha value is -1.48. The molecule has 3 heteroatoms. The summed E-state index contributed by atoms with van der Waals surface area (Å²) in [6.45, 7) is 3.83. The lowest BCUT2D eigenvalue weighted by Gasteiger charge is -1.96. The van der Waals surface area contributed by atoms with E-state index in [1.165, 1.54) is 0 Å². The van der Waals surface area contributed by atoms with Gasteiger partial charge in [0.05, 0.1) is 5.52 Å². The second kappa shape index (κ2) is 3.72. The van der Waals surface area contributed by atoms with Crippen molar-refractivity contribution < 1.29 is 5.11 Å². The van der Waals surface area contributed by atoms with E-state index >= 15 is 0 Å². The van der Waals surface area contributed by atoms with Crippen LogP contribution < -0.4 is 5.32 Å². The molecule has 0 radical (unpaired) electrons. The fraction of sp³-hybridized carbons (Fsp3) is 0.273. The van der Waals surface area contributed by atoms with E-state index in [-0.39, 0.29) is 0 Å². The number of nitrogens with one attached hydrogen (secondary N) is 2. The average Bonchev–Trinajstić information content (AvgIpc) is 2.59. The van der Waals surface area contributed by atoms with Crippen LogP contribution in [0.2, 0.25) is 0 Å². The van der Waals surface area contributed by atoms with Crippen LogP contribution in [0.5, 0.6) is 5.75 Å². The summed E-state index contributed by atoms with van der Waals surface area (Å²) in [7, 11) is 0. The minimum Gasteiger partial charge on any atom is -0.506 e. The minimum atomic E-state index is 0.310. The van der Waals surface area contributed by atoms with E-state index in [2.05, 4.69) is 23.3 Å². The first-order valence-corrected chi connectivity index (χ1v) is 4.81. The van der Waals surface area contributed by atoms with E-state index in [1.54, 1.807) is 6.07 Å². The van der Waals surface area contributed by atoms with Gasteiger partial charge in [0.2, 0.25) is 0 Å². The van der Waals surface area contributed by atoms with Crippen molar-refractivity contribution >= 4 is 10.9 Å². The van der Waals surface area contributed by atoms with Crippen molar-refractivity contribution in [2.24, 2.45) is 0 Å². The topological polar surface area (TPSA) is 48.0 Å². The number of rotatable bonds is 3. The van der Waals surface area contributed by atoms with E-state index in [1.807, 2.05) is 12.1 Å². The van der Waals surface area contributed by atoms with Crippen molar-refractivity contribution in [2.45, 2.75) is 13.5 Å². The maximum atomic E-state index is 9.56. The number of fused-ring (bicyclic) bond motifs is 1. The van der Waals surface area contributed by atoms with Gasteiger partial charge in [-0.2, -0.15) is 0 Å². The Morgan fingerprint density at radius 1 is 1.43 bits per heavy atom. The van der Waals surface area contributed by atoms with Gasteiger partial charge in [0.25, 0.3) is 0 Å². The standard InChI is InChI=1S/C11H14N2O/c1-2-12-7-9-6-8-4-3-5-10(14)11(8)13-9/h3-6,12-14H,2,7H2,1H3. The molecular weight excluding hydrogens is 176 g/mol. The Labute approximate surface area is 82.8 Å². The molecule has 3 nitrogen and oxygen atoms in total. The third-order valence-electron chi connectivity index (χ3n) is 2.26. The summed E-state index contributed by atoms with van der Waals surface area (Å²) in [6.07, 6.45) is 0. The number of hydrogen-bond acceptors (Lipinski definition) is 2. The third kappa shape index (κ3) is 1.59. The lowest BCUT2D eigenvalue weighted by atomic mass is 10.2. The van der Waals surface area contributed by atoms with E-state index in [0.717, 1.165) is 29.7 Å². The quantitative estimate of drug-likeness (QED) is 0.693. The first-order chi connectivity index (χ1) is 6.81. The minimum absolute atomic E-state index is 0.310. The number of hydrogen-bond donors (Lipinski definition) is 3. The van der Waals surface area contributed by atoms with Crippen LogP contribution in [0.15, 0.2) is 24.3 Å². The summed E-state index contributed by atoms with van der Waals surface area (Å²) in [5, 5.41) is 13.8. The molecular formula is C11H14N2O. The van der Waals surface area contributed by atoms with Crippen molar-refractivity contribution in [3.05, 3.63) is 30.0 Å². The summed E-state index contributed by atoms with van der Waals surface area (Å²) in [4.78, 5) is 3.19. The van der Waals surface area contributed by atoms with E-state index in [4.69, 9.17) is 0 Å². The molecule has 74 valence electrons. The molecule has 0 unspecified atom stereocenters. The fourth-order valence-corrected chi connectivity index (χ4v) is 1.55. The monoisotopic (exact) mass is 190 g/mol. The lowest BCUT2D eigenvalue weighted by Crippen LogP contribution is -2.11. The molecule has 0 saturated heterocycles. The van der Waals surface area contributed by atoms with Gasteiger partial charge < -0.3 is 15.4 Å². The second-order valence-corrected chi connectivity index (χ2v) is 3.32. The molecule has 0 atom stereocenters. The molecule has 0 bridgehead atoms. The van der Waals surface area contributed by atoms with Gasteiger partial charge in [-0.15, -0.1) is 0 Å². The summed E-state index contributed by atoms with van der Waals surface area (Å²) >= 11 is 0. The van der Waals surface area contributed by atoms with Gasteiger partial charge in [-0.25, -0.2) is 0 Å². The molecule has 3 N–H and O–H groups in total. The fourth-order valence-electron chi connectivity index (χ4n) is 1.55. The highest BCUT2D eigenvalue weighted by Crippen LogP contribution is 2.23. The number of aromatic nitrogens is 1. The molecule has 0 fully saturated rings. The van der Waals surface area contributed by atoms with Crippen molar-refractivity contribution in [1.82, 2.24) is 10.3 Å². The molecule has 0 saturated carbocycles. The molecule has 1 heterocycles. The van der Waals surface area contributed by atoms with Crippen molar-refractivity contribution in [2.75, 3.05) is 6.54 Å². The molecule has 0 aliphatic heterocycles. The molecule has 0 amide bonds. The third-order valence-corrected chi connectivity index (χ3v) is 2.26. The Morgan fingerprint density at radius 3 is 3.00 bits per heavy atom. The van der Waals surface area contributed by atoms with E-state index in [0.29, 0.717) is 5.75 Å². The zero-order valence-corrected chi connectivity index (χ0v) is 8.17. The highest BCUT2D eigenvalue weighted by atomic mass is 16.3. The van der Waals surface area contributed by atoms with Crippen LogP contribution in [0.1, 0.15) is 12.6 Å². The molecule has 1 aromatic heterocycles. The smallest absolute Gasteiger partial charge is 0.139 e. The highest BCUT2D eigenvalue weighted by Gasteiger charge is 2.02. The van der Waals surface area contributed by atoms with Crippen molar-refractivity contribution in [3.63, 3.8) is 0 Å². The van der Waals surface area contributed by atoms with Gasteiger partial charge in [0.15, 0.2) is 0 Å². The predicted molar refractivity (Wildman–Crippen MR) is 57.3 cm³/mol. The predicted octanol–water partition coefficient (Wildman–Crippen LogP) is 1.98. The van der Waals surface area contributed by atoms with Gasteiger partial charge in [-0.1, -0.05) is 19.1 Å². The SMILES string of the molecule is CCNCc1cc2cccc(O)c2[nH]1. The first kappa shape index (κ1) is 9.09. The van der Waals surface area contributed by atoms with Gasteiger partial charge in [-0.05, 0) is 18.7 Å². The zero-order chi connectivity index (χ0) is 9.97. The molecule has 0 spiro atoms. The van der Waals surface area contributed by atoms with Crippen LogP contribution >= 0.6 is 0 Å². The van der Waals surface area contributed by atoms with Crippen LogP contribution in [-0.2, 0) is 6.54 Å². The number of para-hydroxylation sites is 1. The van der Waals surface area contributed by atoms with E-state index < -0.39 is 0 Å². The second-order valence-electron chi connectivity index (χ2n) is 3.32. The normalized spacial score (nSPS) is 10.9. The molecule has 14 heavy (non-hydrogen) atoms. The van der Waals surface area contributed by atoms with Crippen molar-refractivity contribution in [1.29, 1.82) is 0 Å². The van der Waals surface area contributed by atoms with E-state index in [9.17, 15) is 5.11 Å². The number of H-pyrrole nitrogens is 1. The average molecular weight is 190 g/mol. The number of aromatic amines is 1. The summed E-state index contributed by atoms with van der Waals surface area (Å²) in [6, 6.07) is 7.58. The zero-order valence-electron chi connectivity index (χ0n) is 8.17. The highest BCUT2D eigenvalue weighted by molar-refractivity contribution is 5.85. The maximum Gasteiger partial charge on any atom is 0.139 e. The first-order valence-electron chi connectivity index (χ1n) is 4.81. The molecule has 1 aromatic carbocycles. The number of aromatic hydroxyl groups is 1. The Morgan fingerprint density at radius 2 is 2.29 bits per heavy atom. The summed E-state index contributed by atoms with van der Waals surface area (Å²) < 4.78 is 0. The Bertz CT molecular complexity index is 434. The Kier molecular flexibility index (Phi) is 2.41. The van der Waals surface area contributed by atoms with Crippen LogP contribution in [0.25, 0.3) is 10.9 Å². The number of phenols is 1. The molecule has 0 aliphatic rings. The van der Waals surface area contributed by atoms with Crippen LogP contribution in [-0.4, -0.2) is 16.6 Å². The summed E-state index contributed by atoms with van der Waals surface area (Å²) in [5.74, 6) is 0.310. The largest absolute Gasteiger partial charge is 0.506 e. The maximum absolute atomic E-state index is 9.56. The number of phenolic OH excluding ortho intramolecular Hbond substituents is 1. The van der Waals surface area contributed by atoms with Crippen molar-refractivity contribution in [3.8, 4) is 5.75 Å². The molecule has 2 aromatic rings. The summed E-state index contributed by atoms with van der Waals surface area (Å²) in [5.41, 5.74) is 1.92.